The number of pyridine rings is 1. The highest BCUT2D eigenvalue weighted by molar-refractivity contribution is 7.05. The number of hydrogen-bond donors (Lipinski definition) is 0. The monoisotopic (exact) mass is 557 g/mol. The maximum atomic E-state index is 6.67. The first-order chi connectivity index (χ1) is 18.9. The van der Waals surface area contributed by atoms with Crippen LogP contribution in [0.3, 0.4) is 0 Å². The van der Waals surface area contributed by atoms with Gasteiger partial charge in [0.15, 0.2) is 5.58 Å². The molecule has 0 radical (unpaired) electrons. The zero-order valence-corrected chi connectivity index (χ0v) is 26.3. The standard InChI is InChI=1S/C35H35NO2Si2/c1-35(2,3)29-19-25(18-24-10-8-9-11-26(24)29)33-34-28(16-17-36-33)27-14-12-22(20-30(27)37-34)23-13-15-31-32(21-23)40(6,7)38-39(31,4)5/h8-21H,1-7H3. The highest BCUT2D eigenvalue weighted by atomic mass is 28.4. The summed E-state index contributed by atoms with van der Waals surface area (Å²) in [5.41, 5.74) is 7.42. The third kappa shape index (κ3) is 3.91. The van der Waals surface area contributed by atoms with Gasteiger partial charge in [0.1, 0.15) is 11.3 Å². The lowest BCUT2D eigenvalue weighted by Gasteiger charge is -2.22. The Morgan fingerprint density at radius 1 is 0.650 bits per heavy atom. The fraction of sp³-hybridized carbons (Fsp3) is 0.229. The van der Waals surface area contributed by atoms with Crippen LogP contribution in [0.4, 0.5) is 0 Å². The third-order valence-corrected chi connectivity index (χ3v) is 16.3. The molecule has 3 heterocycles. The van der Waals surface area contributed by atoms with Crippen LogP contribution >= 0.6 is 0 Å². The Bertz CT molecular complexity index is 1980. The summed E-state index contributed by atoms with van der Waals surface area (Å²) >= 11 is 0. The number of benzene rings is 4. The molecule has 0 saturated carbocycles. The van der Waals surface area contributed by atoms with Crippen molar-refractivity contribution in [3.8, 4) is 22.4 Å². The summed E-state index contributed by atoms with van der Waals surface area (Å²) < 4.78 is 13.3. The minimum atomic E-state index is -1.89. The van der Waals surface area contributed by atoms with E-state index in [-0.39, 0.29) is 5.41 Å². The second-order valence-electron chi connectivity index (χ2n) is 13.2. The molecular formula is C35H35NO2Si2. The molecule has 0 unspecified atom stereocenters. The Morgan fingerprint density at radius 3 is 2.17 bits per heavy atom. The van der Waals surface area contributed by atoms with E-state index in [1.165, 1.54) is 37.8 Å². The first kappa shape index (κ1) is 25.5. The number of rotatable bonds is 2. The highest BCUT2D eigenvalue weighted by Gasteiger charge is 2.46. The van der Waals surface area contributed by atoms with Crippen molar-refractivity contribution < 1.29 is 8.53 Å². The van der Waals surface area contributed by atoms with Crippen molar-refractivity contribution in [1.82, 2.24) is 4.98 Å². The molecule has 0 N–H and O–H groups in total. The Hall–Kier alpha value is -3.52. The molecule has 200 valence electrons. The Labute approximate surface area is 238 Å². The van der Waals surface area contributed by atoms with Crippen molar-refractivity contribution in [1.29, 1.82) is 0 Å². The Balaban J connectivity index is 1.39. The van der Waals surface area contributed by atoms with Crippen LogP contribution in [0.15, 0.2) is 89.5 Å². The topological polar surface area (TPSA) is 35.3 Å². The van der Waals surface area contributed by atoms with Crippen LogP contribution in [0.25, 0.3) is 55.1 Å². The van der Waals surface area contributed by atoms with Crippen LogP contribution in [0.5, 0.6) is 0 Å². The maximum Gasteiger partial charge on any atom is 0.206 e. The van der Waals surface area contributed by atoms with E-state index in [1.54, 1.807) is 0 Å². The summed E-state index contributed by atoms with van der Waals surface area (Å²) in [4.78, 5) is 4.85. The molecular weight excluding hydrogens is 523 g/mol. The Kier molecular flexibility index (Phi) is 5.40. The summed E-state index contributed by atoms with van der Waals surface area (Å²) in [5.74, 6) is 0. The van der Waals surface area contributed by atoms with E-state index in [4.69, 9.17) is 13.5 Å². The first-order valence-corrected chi connectivity index (χ1v) is 19.9. The van der Waals surface area contributed by atoms with Crippen molar-refractivity contribution >= 4 is 59.7 Å². The van der Waals surface area contributed by atoms with E-state index in [9.17, 15) is 0 Å². The lowest BCUT2D eigenvalue weighted by molar-refractivity contribution is 0.583. The van der Waals surface area contributed by atoms with Gasteiger partial charge in [0.25, 0.3) is 0 Å². The van der Waals surface area contributed by atoms with Gasteiger partial charge >= 0.3 is 0 Å². The van der Waals surface area contributed by atoms with E-state index in [0.717, 1.165) is 33.2 Å². The lowest BCUT2D eigenvalue weighted by atomic mass is 9.82. The molecule has 1 aliphatic heterocycles. The molecule has 0 aliphatic carbocycles. The summed E-state index contributed by atoms with van der Waals surface area (Å²) in [7, 11) is -3.72. The summed E-state index contributed by atoms with van der Waals surface area (Å²) in [5, 5.41) is 7.63. The second kappa shape index (κ2) is 8.49. The molecule has 1 aliphatic rings. The number of hydrogen-bond acceptors (Lipinski definition) is 3. The van der Waals surface area contributed by atoms with E-state index in [0.29, 0.717) is 0 Å². The predicted molar refractivity (Wildman–Crippen MR) is 174 cm³/mol. The molecule has 0 bridgehead atoms. The molecule has 7 rings (SSSR count). The van der Waals surface area contributed by atoms with Gasteiger partial charge in [0.05, 0.1) is 0 Å². The molecule has 0 saturated heterocycles. The Morgan fingerprint density at radius 2 is 1.38 bits per heavy atom. The average Bonchev–Trinajstić information content (AvgIpc) is 3.37. The van der Waals surface area contributed by atoms with Gasteiger partial charge in [-0.05, 0) is 99.8 Å². The van der Waals surface area contributed by atoms with Gasteiger partial charge in [-0.15, -0.1) is 0 Å². The molecule has 0 amide bonds. The number of aromatic nitrogens is 1. The normalized spacial score (nSPS) is 16.2. The maximum absolute atomic E-state index is 6.67. The van der Waals surface area contributed by atoms with Crippen molar-refractivity contribution in [3.05, 3.63) is 90.6 Å². The van der Waals surface area contributed by atoms with Crippen LogP contribution in [-0.4, -0.2) is 21.6 Å². The van der Waals surface area contributed by atoms with Crippen molar-refractivity contribution in [3.63, 3.8) is 0 Å². The summed E-state index contributed by atoms with van der Waals surface area (Å²) in [6.07, 6.45) is 1.91. The van der Waals surface area contributed by atoms with Crippen LogP contribution in [0.2, 0.25) is 26.2 Å². The third-order valence-electron chi connectivity index (χ3n) is 8.49. The van der Waals surface area contributed by atoms with E-state index >= 15 is 0 Å². The van der Waals surface area contributed by atoms with Gasteiger partial charge in [0.2, 0.25) is 16.6 Å². The van der Waals surface area contributed by atoms with Gasteiger partial charge in [-0.3, -0.25) is 4.98 Å². The van der Waals surface area contributed by atoms with Crippen molar-refractivity contribution in [2.75, 3.05) is 0 Å². The minimum absolute atomic E-state index is 0.00230. The second-order valence-corrected chi connectivity index (χ2v) is 21.2. The number of fused-ring (bicyclic) bond motifs is 5. The molecule has 3 nitrogen and oxygen atoms in total. The lowest BCUT2D eigenvalue weighted by Crippen LogP contribution is -2.43. The molecule has 2 aromatic heterocycles. The SMILES string of the molecule is CC(C)(C)c1cc(-c2nccc3c2oc2cc(-c4ccc5c(c4)[Si](C)(C)O[Si]5(C)C)ccc23)cc2ccccc12. The van der Waals surface area contributed by atoms with Gasteiger partial charge in [-0.1, -0.05) is 69.3 Å². The van der Waals surface area contributed by atoms with E-state index < -0.39 is 16.6 Å². The average molecular weight is 558 g/mol. The predicted octanol–water partition coefficient (Wildman–Crippen LogP) is 8.62. The quantitative estimate of drug-likeness (QED) is 0.200. The minimum Gasteiger partial charge on any atom is -0.454 e. The zero-order valence-electron chi connectivity index (χ0n) is 24.3. The van der Waals surface area contributed by atoms with Gasteiger partial charge in [-0.25, -0.2) is 0 Å². The van der Waals surface area contributed by atoms with Crippen LogP contribution in [-0.2, 0) is 9.53 Å². The highest BCUT2D eigenvalue weighted by Crippen LogP contribution is 2.39. The van der Waals surface area contributed by atoms with Crippen molar-refractivity contribution in [2.45, 2.75) is 52.4 Å². The molecule has 40 heavy (non-hydrogen) atoms. The smallest absolute Gasteiger partial charge is 0.206 e. The molecule has 4 aromatic carbocycles. The van der Waals surface area contributed by atoms with Gasteiger partial charge < -0.3 is 8.53 Å². The fourth-order valence-electron chi connectivity index (χ4n) is 6.65. The molecule has 0 fully saturated rings. The molecule has 0 atom stereocenters. The number of nitrogens with zero attached hydrogens (tertiary/aromatic N) is 1. The van der Waals surface area contributed by atoms with E-state index in [1.807, 2.05) is 6.20 Å². The first-order valence-electron chi connectivity index (χ1n) is 14.1. The van der Waals surface area contributed by atoms with Gasteiger partial charge in [0, 0.05) is 22.5 Å². The number of furan rings is 1. The summed E-state index contributed by atoms with van der Waals surface area (Å²) in [6.45, 7) is 16.1. The molecule has 6 aromatic rings. The van der Waals surface area contributed by atoms with Crippen LogP contribution in [0.1, 0.15) is 26.3 Å². The van der Waals surface area contributed by atoms with E-state index in [2.05, 4.69) is 126 Å². The summed E-state index contributed by atoms with van der Waals surface area (Å²) in [6, 6.07) is 28.8. The largest absolute Gasteiger partial charge is 0.454 e. The van der Waals surface area contributed by atoms with Crippen LogP contribution in [0, 0.1) is 0 Å². The fourth-order valence-corrected chi connectivity index (χ4v) is 16.9. The van der Waals surface area contributed by atoms with Crippen LogP contribution < -0.4 is 10.4 Å². The molecule has 5 heteroatoms. The van der Waals surface area contributed by atoms with Crippen molar-refractivity contribution in [2.24, 2.45) is 0 Å². The molecule has 0 spiro atoms. The zero-order chi connectivity index (χ0) is 28.0. The van der Waals surface area contributed by atoms with Gasteiger partial charge in [-0.2, -0.15) is 0 Å².